The second-order valence-corrected chi connectivity index (χ2v) is 4.78. The van der Waals surface area contributed by atoms with Crippen LogP contribution in [0.3, 0.4) is 0 Å². The lowest BCUT2D eigenvalue weighted by Crippen LogP contribution is -2.07. The molecule has 0 unspecified atom stereocenters. The predicted molar refractivity (Wildman–Crippen MR) is 66.6 cm³/mol. The van der Waals surface area contributed by atoms with Gasteiger partial charge in [-0.15, -0.1) is 0 Å². The van der Waals surface area contributed by atoms with Gasteiger partial charge in [0.1, 0.15) is 0 Å². The first-order valence-electron chi connectivity index (χ1n) is 6.29. The van der Waals surface area contributed by atoms with E-state index in [1.807, 2.05) is 12.4 Å². The second kappa shape index (κ2) is 3.93. The van der Waals surface area contributed by atoms with Gasteiger partial charge in [0.25, 0.3) is 0 Å². The summed E-state index contributed by atoms with van der Waals surface area (Å²) in [6.45, 7) is 3.43. The van der Waals surface area contributed by atoms with E-state index in [1.165, 1.54) is 55.1 Å². The van der Waals surface area contributed by atoms with E-state index < -0.39 is 0 Å². The zero-order valence-corrected chi connectivity index (χ0v) is 9.87. The molecule has 0 bridgehead atoms. The van der Waals surface area contributed by atoms with Gasteiger partial charge in [0, 0.05) is 30.0 Å². The molecule has 0 saturated heterocycles. The number of rotatable bonds is 0. The van der Waals surface area contributed by atoms with E-state index in [4.69, 9.17) is 0 Å². The molecule has 2 heteroatoms. The molecule has 1 aliphatic heterocycles. The van der Waals surface area contributed by atoms with Gasteiger partial charge in [-0.1, -0.05) is 12.8 Å². The third-order valence-corrected chi connectivity index (χ3v) is 3.80. The van der Waals surface area contributed by atoms with Crippen LogP contribution in [0.25, 0.3) is 10.9 Å². The fourth-order valence-corrected chi connectivity index (χ4v) is 2.91. The van der Waals surface area contributed by atoms with Crippen molar-refractivity contribution in [2.45, 2.75) is 45.6 Å². The molecule has 0 saturated carbocycles. The maximum absolute atomic E-state index is 4.25. The lowest BCUT2D eigenvalue weighted by Gasteiger charge is -2.14. The fraction of sp³-hybridized carbons (Fsp3) is 0.500. The van der Waals surface area contributed by atoms with Crippen LogP contribution in [-0.4, -0.2) is 9.55 Å². The summed E-state index contributed by atoms with van der Waals surface area (Å²) in [4.78, 5) is 4.25. The van der Waals surface area contributed by atoms with Gasteiger partial charge in [-0.05, 0) is 37.8 Å². The molecule has 3 heterocycles. The normalized spacial score (nSPS) is 16.8. The number of fused-ring (bicyclic) bond motifs is 3. The van der Waals surface area contributed by atoms with Gasteiger partial charge in [-0.2, -0.15) is 0 Å². The molecule has 0 aliphatic carbocycles. The molecule has 2 nitrogen and oxygen atoms in total. The first-order valence-corrected chi connectivity index (χ1v) is 6.29. The van der Waals surface area contributed by atoms with E-state index in [0.717, 1.165) is 0 Å². The van der Waals surface area contributed by atoms with Gasteiger partial charge in [0.2, 0.25) is 0 Å². The summed E-state index contributed by atoms with van der Waals surface area (Å²) in [7, 11) is 0. The van der Waals surface area contributed by atoms with Crippen LogP contribution < -0.4 is 0 Å². The highest BCUT2D eigenvalue weighted by molar-refractivity contribution is 5.84. The van der Waals surface area contributed by atoms with Crippen molar-refractivity contribution in [3.63, 3.8) is 0 Å². The lowest BCUT2D eigenvalue weighted by atomic mass is 10.1. The number of nitrogens with zero attached hydrogens (tertiary/aromatic N) is 2. The second-order valence-electron chi connectivity index (χ2n) is 4.78. The first kappa shape index (κ1) is 9.88. The van der Waals surface area contributed by atoms with Gasteiger partial charge in [0.05, 0.1) is 5.52 Å². The van der Waals surface area contributed by atoms with Crippen molar-refractivity contribution < 1.29 is 0 Å². The van der Waals surface area contributed by atoms with Crippen molar-refractivity contribution in [3.05, 3.63) is 29.7 Å². The van der Waals surface area contributed by atoms with Gasteiger partial charge in [-0.3, -0.25) is 4.98 Å². The van der Waals surface area contributed by atoms with Crippen molar-refractivity contribution in [3.8, 4) is 0 Å². The number of aromatic nitrogens is 2. The maximum atomic E-state index is 4.25. The van der Waals surface area contributed by atoms with Gasteiger partial charge < -0.3 is 4.57 Å². The Morgan fingerprint density at radius 3 is 3.00 bits per heavy atom. The van der Waals surface area contributed by atoms with Gasteiger partial charge >= 0.3 is 0 Å². The molecule has 84 valence electrons. The monoisotopic (exact) mass is 214 g/mol. The average molecular weight is 214 g/mol. The third kappa shape index (κ3) is 1.44. The number of hydrogen-bond acceptors (Lipinski definition) is 1. The Bertz CT molecular complexity index is 511. The maximum Gasteiger partial charge on any atom is 0.0516 e. The highest BCUT2D eigenvalue weighted by Crippen LogP contribution is 2.28. The molecule has 0 spiro atoms. The third-order valence-electron chi connectivity index (χ3n) is 3.80. The standard InChI is InChI=1S/C14H18N2/c1-11-12-10-15-8-7-14(12)16-9-5-3-2-4-6-13(11)16/h7-8,10H,2-6,9H2,1H3. The van der Waals surface area contributed by atoms with Crippen molar-refractivity contribution in [2.75, 3.05) is 0 Å². The van der Waals surface area contributed by atoms with E-state index in [-0.39, 0.29) is 0 Å². The minimum absolute atomic E-state index is 1.18. The highest BCUT2D eigenvalue weighted by Gasteiger charge is 2.14. The molecule has 0 aromatic carbocycles. The van der Waals surface area contributed by atoms with E-state index in [1.54, 1.807) is 5.69 Å². The summed E-state index contributed by atoms with van der Waals surface area (Å²) >= 11 is 0. The largest absolute Gasteiger partial charge is 0.344 e. The SMILES string of the molecule is Cc1c2n(c3ccncc13)CCCCCC2. The quantitative estimate of drug-likeness (QED) is 0.656. The fourth-order valence-electron chi connectivity index (χ4n) is 2.91. The highest BCUT2D eigenvalue weighted by atomic mass is 15.0. The Labute approximate surface area is 96.3 Å². The predicted octanol–water partition coefficient (Wildman–Crippen LogP) is 3.46. The van der Waals surface area contributed by atoms with Crippen LogP contribution in [-0.2, 0) is 13.0 Å². The summed E-state index contributed by atoms with van der Waals surface area (Å²) in [5.74, 6) is 0. The molecule has 0 amide bonds. The average Bonchev–Trinajstić information content (AvgIpc) is 2.52. The Morgan fingerprint density at radius 1 is 1.19 bits per heavy atom. The summed E-state index contributed by atoms with van der Waals surface area (Å²) < 4.78 is 2.52. The molecular formula is C14H18N2. The van der Waals surface area contributed by atoms with Crippen molar-refractivity contribution in [2.24, 2.45) is 0 Å². The Hall–Kier alpha value is -1.31. The molecular weight excluding hydrogens is 196 g/mol. The van der Waals surface area contributed by atoms with Crippen LogP contribution in [0.4, 0.5) is 0 Å². The van der Waals surface area contributed by atoms with Crippen molar-refractivity contribution >= 4 is 10.9 Å². The van der Waals surface area contributed by atoms with E-state index in [0.29, 0.717) is 0 Å². The molecule has 0 atom stereocenters. The van der Waals surface area contributed by atoms with Crippen molar-refractivity contribution in [1.29, 1.82) is 0 Å². The minimum Gasteiger partial charge on any atom is -0.344 e. The molecule has 1 aliphatic rings. The summed E-state index contributed by atoms with van der Waals surface area (Å²) in [6.07, 6.45) is 10.6. The van der Waals surface area contributed by atoms with Crippen LogP contribution in [0.2, 0.25) is 0 Å². The van der Waals surface area contributed by atoms with E-state index >= 15 is 0 Å². The number of pyridine rings is 1. The minimum atomic E-state index is 1.18. The molecule has 0 radical (unpaired) electrons. The Kier molecular flexibility index (Phi) is 2.43. The van der Waals surface area contributed by atoms with Crippen LogP contribution in [0.15, 0.2) is 18.5 Å². The lowest BCUT2D eigenvalue weighted by molar-refractivity contribution is 0.530. The zero-order valence-electron chi connectivity index (χ0n) is 9.87. The number of aryl methyl sites for hydroxylation is 2. The molecule has 0 N–H and O–H groups in total. The van der Waals surface area contributed by atoms with Gasteiger partial charge in [0.15, 0.2) is 0 Å². The molecule has 0 fully saturated rings. The van der Waals surface area contributed by atoms with E-state index in [9.17, 15) is 0 Å². The summed E-state index contributed by atoms with van der Waals surface area (Å²) in [6, 6.07) is 2.16. The van der Waals surface area contributed by atoms with E-state index in [2.05, 4.69) is 22.5 Å². The zero-order chi connectivity index (χ0) is 11.0. The van der Waals surface area contributed by atoms with Crippen LogP contribution in [0, 0.1) is 6.92 Å². The van der Waals surface area contributed by atoms with Gasteiger partial charge in [-0.25, -0.2) is 0 Å². The van der Waals surface area contributed by atoms with Crippen LogP contribution in [0.5, 0.6) is 0 Å². The first-order chi connectivity index (χ1) is 7.88. The van der Waals surface area contributed by atoms with Crippen LogP contribution >= 0.6 is 0 Å². The smallest absolute Gasteiger partial charge is 0.0516 e. The molecule has 2 aromatic rings. The Morgan fingerprint density at radius 2 is 2.06 bits per heavy atom. The van der Waals surface area contributed by atoms with Crippen LogP contribution in [0.1, 0.15) is 36.9 Å². The molecule has 3 rings (SSSR count). The summed E-state index contributed by atoms with van der Waals surface area (Å²) in [5, 5.41) is 1.35. The topological polar surface area (TPSA) is 17.8 Å². The molecule has 2 aromatic heterocycles. The molecule has 16 heavy (non-hydrogen) atoms. The van der Waals surface area contributed by atoms with Crippen molar-refractivity contribution in [1.82, 2.24) is 9.55 Å². The Balaban J connectivity index is 2.23. The summed E-state index contributed by atoms with van der Waals surface area (Å²) in [5.41, 5.74) is 4.37. The number of hydrogen-bond donors (Lipinski definition) is 0.